The third-order valence-corrected chi connectivity index (χ3v) is 0. The molecule has 0 aromatic heterocycles. The van der Waals surface area contributed by atoms with E-state index in [2.05, 4.69) is 0 Å². The average Bonchev–Trinajstić information content (AvgIpc) is 0. The maximum atomic E-state index is 0. The first-order chi connectivity index (χ1) is 0. The maximum Gasteiger partial charge on any atom is 2.00 e. The molecule has 0 unspecified atom stereocenters. The Hall–Kier alpha value is 4.40. The van der Waals surface area contributed by atoms with Crippen LogP contribution in [0.15, 0.2) is 0 Å². The molecule has 0 heterocycles. The summed E-state index contributed by atoms with van der Waals surface area (Å²) in [6.45, 7) is 0. The normalized spacial score (nSPS) is 0. The fraction of sp³-hybridized carbons (Fsp3) is 0. The van der Waals surface area contributed by atoms with E-state index in [1.807, 2.05) is 0 Å². The van der Waals surface area contributed by atoms with E-state index in [9.17, 15) is 0 Å². The van der Waals surface area contributed by atoms with E-state index >= 15 is 0 Å². The van der Waals surface area contributed by atoms with Crippen molar-refractivity contribution in [3.05, 3.63) is 0 Å². The van der Waals surface area contributed by atoms with Crippen molar-refractivity contribution in [2.75, 3.05) is 0 Å². The van der Waals surface area contributed by atoms with Crippen LogP contribution in [0.4, 0.5) is 0 Å². The standard InChI is InChI=1S/Al.Ce.Mg.Y.Zn.5H/q;;+2;;;;;;2*-1. The van der Waals surface area contributed by atoms with Gasteiger partial charge < -0.3 is 2.85 Å². The van der Waals surface area contributed by atoms with Crippen LogP contribution < -0.4 is 0 Å². The summed E-state index contributed by atoms with van der Waals surface area (Å²) in [7, 11) is 0. The van der Waals surface area contributed by atoms with Crippen LogP contribution in [0, 0.1) is 41.7 Å². The van der Waals surface area contributed by atoms with Crippen molar-refractivity contribution in [1.82, 2.24) is 0 Å². The molecule has 0 aliphatic rings. The Morgan fingerprint density at radius 3 is 1.20 bits per heavy atom. The molecule has 0 saturated heterocycles. The fourth-order valence-electron chi connectivity index (χ4n) is 0. The minimum atomic E-state index is 0. The van der Waals surface area contributed by atoms with E-state index in [1.165, 1.54) is 0 Å². The molecule has 1 radical (unpaired) electrons. The summed E-state index contributed by atoms with van der Waals surface area (Å²) in [6, 6.07) is 0. The molecule has 0 aliphatic carbocycles. The Labute approximate surface area is 134 Å². The SMILES string of the molecule is [AlH3].[Ce].[H-].[H-].[Mg+2].[Y].[Zn]. The van der Waals surface area contributed by atoms with Gasteiger partial charge in [-0.15, -0.1) is 0 Å². The van der Waals surface area contributed by atoms with E-state index in [4.69, 9.17) is 0 Å². The third-order valence-electron chi connectivity index (χ3n) is 0. The van der Waals surface area contributed by atoms with Crippen LogP contribution in [0.1, 0.15) is 2.85 Å². The zero-order valence-electron chi connectivity index (χ0n) is 4.49. The van der Waals surface area contributed by atoms with Gasteiger partial charge in [-0.1, -0.05) is 0 Å². The minimum absolute atomic E-state index is 0. The van der Waals surface area contributed by atoms with Gasteiger partial charge >= 0.3 is 23.1 Å². The van der Waals surface area contributed by atoms with Crippen molar-refractivity contribution in [3.8, 4) is 0 Å². The molecule has 0 rings (SSSR count). The molecule has 5 heavy (non-hydrogen) atoms. The average molecular weight is 351 g/mol. The van der Waals surface area contributed by atoms with Crippen molar-refractivity contribution in [2.45, 2.75) is 0 Å². The molecule has 0 atom stereocenters. The molecule has 0 bridgehead atoms. The van der Waals surface area contributed by atoms with Gasteiger partial charge in [-0.05, 0) is 0 Å². The van der Waals surface area contributed by atoms with E-state index in [0.29, 0.717) is 0 Å². The Bertz CT molecular complexity index is 17.7. The number of hydrogen-bond acceptors (Lipinski definition) is 0. The second-order valence-corrected chi connectivity index (χ2v) is 0. The molecule has 0 fully saturated rings. The van der Waals surface area contributed by atoms with Crippen LogP contribution in [0.5, 0.6) is 0 Å². The van der Waals surface area contributed by atoms with Gasteiger partial charge in [0.15, 0.2) is 17.4 Å². The zero-order chi connectivity index (χ0) is 0. The van der Waals surface area contributed by atoms with Gasteiger partial charge in [0.25, 0.3) is 0 Å². The topological polar surface area (TPSA) is 0 Å². The summed E-state index contributed by atoms with van der Waals surface area (Å²) in [6.07, 6.45) is 0. The minimum Gasteiger partial charge on any atom is -1.00 e. The Kier molecular flexibility index (Phi) is 163. The first-order valence-electron chi connectivity index (χ1n) is 0. The summed E-state index contributed by atoms with van der Waals surface area (Å²) in [4.78, 5) is 0. The van der Waals surface area contributed by atoms with Gasteiger partial charge in [0.2, 0.25) is 0 Å². The molecule has 0 aromatic carbocycles. The molecule has 0 spiro atoms. The van der Waals surface area contributed by atoms with Crippen molar-refractivity contribution >= 4 is 40.4 Å². The predicted molar refractivity (Wildman–Crippen MR) is 17.9 cm³/mol. The van der Waals surface area contributed by atoms with Gasteiger partial charge in [0.05, 0.1) is 0 Å². The van der Waals surface area contributed by atoms with Crippen LogP contribution in [-0.4, -0.2) is 40.4 Å². The van der Waals surface area contributed by atoms with Gasteiger partial charge in [0, 0.05) is 93.9 Å². The smallest absolute Gasteiger partial charge is 1.00 e. The quantitative estimate of drug-likeness (QED) is 0.474. The summed E-state index contributed by atoms with van der Waals surface area (Å²) >= 11 is 0. The molecular weight excluding hydrogens is 346 g/mol. The molecular formula is H5AlCeMgYZn. The Morgan fingerprint density at radius 2 is 1.20 bits per heavy atom. The molecule has 0 saturated carbocycles. The van der Waals surface area contributed by atoms with Crippen LogP contribution in [0.3, 0.4) is 0 Å². The van der Waals surface area contributed by atoms with Gasteiger partial charge in [-0.25, -0.2) is 0 Å². The number of hydrogen-bond donors (Lipinski definition) is 0. The van der Waals surface area contributed by atoms with Crippen LogP contribution >= 0.6 is 0 Å². The molecule has 5 heteroatoms. The van der Waals surface area contributed by atoms with E-state index in [0.717, 1.165) is 0 Å². The first-order valence-corrected chi connectivity index (χ1v) is 0. The van der Waals surface area contributed by atoms with Gasteiger partial charge in [-0.2, -0.15) is 0 Å². The first kappa shape index (κ1) is 34.2. The predicted octanol–water partition coefficient (Wildman–Crippen LogP) is -1.34. The second-order valence-electron chi connectivity index (χ2n) is 0. The Morgan fingerprint density at radius 1 is 1.20 bits per heavy atom. The maximum absolute atomic E-state index is 0. The third kappa shape index (κ3) is 17.8. The fourth-order valence-corrected chi connectivity index (χ4v) is 0. The van der Waals surface area contributed by atoms with Crippen molar-refractivity contribution in [2.24, 2.45) is 0 Å². The Balaban J connectivity index is 0. The zero-order valence-corrected chi connectivity index (χ0v) is 12.9. The van der Waals surface area contributed by atoms with Gasteiger partial charge in [-0.3, -0.25) is 0 Å². The molecule has 0 aliphatic heterocycles. The summed E-state index contributed by atoms with van der Waals surface area (Å²) < 4.78 is 0. The molecule has 0 aromatic rings. The second kappa shape index (κ2) is 23.8. The largest absolute Gasteiger partial charge is 2.00 e. The monoisotopic (exact) mass is 349 g/mol. The molecule has 0 nitrogen and oxygen atoms in total. The van der Waals surface area contributed by atoms with Crippen molar-refractivity contribution in [1.29, 1.82) is 0 Å². The van der Waals surface area contributed by atoms with E-state index in [-0.39, 0.29) is 137 Å². The van der Waals surface area contributed by atoms with Crippen molar-refractivity contribution in [3.63, 3.8) is 0 Å². The van der Waals surface area contributed by atoms with Crippen LogP contribution in [-0.2, 0) is 52.2 Å². The summed E-state index contributed by atoms with van der Waals surface area (Å²) in [5, 5.41) is 0. The number of rotatable bonds is 0. The van der Waals surface area contributed by atoms with E-state index < -0.39 is 0 Å². The summed E-state index contributed by atoms with van der Waals surface area (Å²) in [5.74, 6) is 0. The molecule has 0 amide bonds. The summed E-state index contributed by atoms with van der Waals surface area (Å²) in [5.41, 5.74) is 0. The van der Waals surface area contributed by atoms with Gasteiger partial charge in [0.1, 0.15) is 0 Å². The van der Waals surface area contributed by atoms with Crippen LogP contribution in [0.2, 0.25) is 0 Å². The molecule has 19 valence electrons. The molecule has 0 N–H and O–H groups in total. The van der Waals surface area contributed by atoms with Crippen LogP contribution in [0.25, 0.3) is 0 Å². The van der Waals surface area contributed by atoms with E-state index in [1.54, 1.807) is 0 Å². The van der Waals surface area contributed by atoms with Crippen molar-refractivity contribution < 1.29 is 96.8 Å².